The molecule has 0 bridgehead atoms. The van der Waals surface area contributed by atoms with Crippen molar-refractivity contribution >= 4 is 11.8 Å². The van der Waals surface area contributed by atoms with Crippen LogP contribution in [0.3, 0.4) is 0 Å². The highest BCUT2D eigenvalue weighted by Crippen LogP contribution is 2.34. The molecule has 1 N–H and O–H groups in total. The van der Waals surface area contributed by atoms with Crippen molar-refractivity contribution in [3.05, 3.63) is 29.3 Å². The van der Waals surface area contributed by atoms with Gasteiger partial charge in [-0.1, -0.05) is 13.0 Å². The number of nitrogens with one attached hydrogen (secondary N) is 1. The van der Waals surface area contributed by atoms with E-state index in [4.69, 9.17) is 4.74 Å². The first-order valence-electron chi connectivity index (χ1n) is 6.69. The fraction of sp³-hybridized carbons (Fsp3) is 0.571. The Bertz CT molecular complexity index is 451. The summed E-state index contributed by atoms with van der Waals surface area (Å²) in [5.74, 6) is 0.573. The van der Waals surface area contributed by atoms with Gasteiger partial charge in [-0.05, 0) is 54.4 Å². The van der Waals surface area contributed by atoms with Gasteiger partial charge < -0.3 is 10.1 Å². The minimum Gasteiger partial charge on any atom is -0.493 e. The predicted octanol–water partition coefficient (Wildman–Crippen LogP) is 3.92. The Balaban J connectivity index is 1.86. The predicted molar refractivity (Wildman–Crippen MR) is 75.2 cm³/mol. The van der Waals surface area contributed by atoms with E-state index in [2.05, 4.69) is 12.2 Å². The molecule has 2 nitrogen and oxygen atoms in total. The zero-order valence-electron chi connectivity index (χ0n) is 11.3. The smallest absolute Gasteiger partial charge is 0.441 e. The van der Waals surface area contributed by atoms with Crippen LogP contribution in [0.2, 0.25) is 0 Å². The molecule has 0 radical (unpaired) electrons. The molecule has 1 atom stereocenters. The van der Waals surface area contributed by atoms with Crippen LogP contribution < -0.4 is 10.1 Å². The molecule has 0 saturated heterocycles. The summed E-state index contributed by atoms with van der Waals surface area (Å²) in [7, 11) is 0. The number of hydrogen-bond acceptors (Lipinski definition) is 3. The van der Waals surface area contributed by atoms with Crippen LogP contribution in [0, 0.1) is 0 Å². The zero-order valence-corrected chi connectivity index (χ0v) is 12.1. The molecule has 20 heavy (non-hydrogen) atoms. The second-order valence-corrected chi connectivity index (χ2v) is 5.81. The number of aryl methyl sites for hydroxylation is 1. The Kier molecular flexibility index (Phi) is 5.21. The lowest BCUT2D eigenvalue weighted by Crippen LogP contribution is -2.18. The molecule has 1 aliphatic carbocycles. The number of benzene rings is 1. The van der Waals surface area contributed by atoms with Crippen molar-refractivity contribution in [3.63, 3.8) is 0 Å². The molecule has 112 valence electrons. The van der Waals surface area contributed by atoms with Gasteiger partial charge in [0.1, 0.15) is 5.75 Å². The molecule has 1 aliphatic rings. The first-order valence-corrected chi connectivity index (χ1v) is 7.68. The SMILES string of the molecule is CCNC1CCc2cc(OCCSC(F)(F)F)ccc21. The molecule has 0 aliphatic heterocycles. The molecule has 1 aromatic carbocycles. The first-order chi connectivity index (χ1) is 9.49. The summed E-state index contributed by atoms with van der Waals surface area (Å²) < 4.78 is 41.3. The Morgan fingerprint density at radius 2 is 2.20 bits per heavy atom. The molecular formula is C14H18F3NOS. The standard InChI is InChI=1S/C14H18F3NOS/c1-2-18-13-6-3-10-9-11(4-5-12(10)13)19-7-8-20-14(15,16)17/h4-5,9,13,18H,2-3,6-8H2,1H3. The van der Waals surface area contributed by atoms with Gasteiger partial charge in [-0.25, -0.2) is 0 Å². The van der Waals surface area contributed by atoms with Crippen LogP contribution in [-0.2, 0) is 6.42 Å². The fourth-order valence-electron chi connectivity index (χ4n) is 2.46. The van der Waals surface area contributed by atoms with Gasteiger partial charge in [-0.15, -0.1) is 0 Å². The van der Waals surface area contributed by atoms with E-state index in [1.54, 1.807) is 0 Å². The van der Waals surface area contributed by atoms with Crippen LogP contribution in [0.1, 0.15) is 30.5 Å². The lowest BCUT2D eigenvalue weighted by atomic mass is 10.1. The summed E-state index contributed by atoms with van der Waals surface area (Å²) in [6.45, 7) is 3.07. The first kappa shape index (κ1) is 15.5. The lowest BCUT2D eigenvalue weighted by molar-refractivity contribution is -0.0329. The van der Waals surface area contributed by atoms with E-state index < -0.39 is 5.51 Å². The van der Waals surface area contributed by atoms with Crippen LogP contribution >= 0.6 is 11.8 Å². The van der Waals surface area contributed by atoms with Crippen molar-refractivity contribution in [1.29, 1.82) is 0 Å². The molecule has 0 heterocycles. The third-order valence-corrected chi connectivity index (χ3v) is 3.96. The maximum Gasteiger partial charge on any atom is 0.441 e. The van der Waals surface area contributed by atoms with Gasteiger partial charge in [0.25, 0.3) is 0 Å². The van der Waals surface area contributed by atoms with Crippen molar-refractivity contribution in [1.82, 2.24) is 5.32 Å². The fourth-order valence-corrected chi connectivity index (χ4v) is 2.86. The molecule has 0 amide bonds. The lowest BCUT2D eigenvalue weighted by Gasteiger charge is -2.13. The van der Waals surface area contributed by atoms with Crippen LogP contribution in [-0.4, -0.2) is 24.4 Å². The highest BCUT2D eigenvalue weighted by atomic mass is 32.2. The molecule has 1 aromatic rings. The largest absolute Gasteiger partial charge is 0.493 e. The van der Waals surface area contributed by atoms with Crippen LogP contribution in [0.15, 0.2) is 18.2 Å². The van der Waals surface area contributed by atoms with E-state index in [1.165, 1.54) is 11.1 Å². The maximum atomic E-state index is 12.0. The van der Waals surface area contributed by atoms with Crippen LogP contribution in [0.5, 0.6) is 5.75 Å². The molecule has 0 fully saturated rings. The number of hydrogen-bond donors (Lipinski definition) is 1. The monoisotopic (exact) mass is 305 g/mol. The molecule has 6 heteroatoms. The molecule has 0 aromatic heterocycles. The molecule has 0 saturated carbocycles. The quantitative estimate of drug-likeness (QED) is 0.805. The van der Waals surface area contributed by atoms with E-state index in [1.807, 2.05) is 18.2 Å². The van der Waals surface area contributed by atoms with Crippen molar-refractivity contribution < 1.29 is 17.9 Å². The van der Waals surface area contributed by atoms with E-state index in [0.717, 1.165) is 19.4 Å². The second kappa shape index (κ2) is 6.72. The summed E-state index contributed by atoms with van der Waals surface area (Å²) in [6.07, 6.45) is 2.05. The number of halogens is 3. The van der Waals surface area contributed by atoms with Crippen LogP contribution in [0.4, 0.5) is 13.2 Å². The molecule has 0 spiro atoms. The van der Waals surface area contributed by atoms with Crippen molar-refractivity contribution in [2.45, 2.75) is 31.3 Å². The van der Waals surface area contributed by atoms with E-state index in [9.17, 15) is 13.2 Å². The minimum atomic E-state index is -4.18. The summed E-state index contributed by atoms with van der Waals surface area (Å²) in [5.41, 5.74) is -1.67. The summed E-state index contributed by atoms with van der Waals surface area (Å²) >= 11 is -0.0497. The van der Waals surface area contributed by atoms with Gasteiger partial charge in [0.2, 0.25) is 0 Å². The number of thioether (sulfide) groups is 1. The van der Waals surface area contributed by atoms with Crippen LogP contribution in [0.25, 0.3) is 0 Å². The number of rotatable bonds is 6. The Hall–Kier alpha value is -0.880. The van der Waals surface area contributed by atoms with E-state index in [-0.39, 0.29) is 24.1 Å². The van der Waals surface area contributed by atoms with Gasteiger partial charge in [-0.2, -0.15) is 13.2 Å². The van der Waals surface area contributed by atoms with Gasteiger partial charge in [-0.3, -0.25) is 0 Å². The highest BCUT2D eigenvalue weighted by Gasteiger charge is 2.27. The van der Waals surface area contributed by atoms with E-state index >= 15 is 0 Å². The Labute approximate surface area is 121 Å². The van der Waals surface area contributed by atoms with Crippen molar-refractivity contribution in [3.8, 4) is 5.75 Å². The average molecular weight is 305 g/mol. The number of fused-ring (bicyclic) bond motifs is 1. The number of ether oxygens (including phenoxy) is 1. The summed E-state index contributed by atoms with van der Waals surface area (Å²) in [6, 6.07) is 6.20. The summed E-state index contributed by atoms with van der Waals surface area (Å²) in [5, 5.41) is 3.42. The Morgan fingerprint density at radius 1 is 1.40 bits per heavy atom. The van der Waals surface area contributed by atoms with Gasteiger partial charge >= 0.3 is 5.51 Å². The van der Waals surface area contributed by atoms with Crippen molar-refractivity contribution in [2.75, 3.05) is 18.9 Å². The third kappa shape index (κ3) is 4.31. The maximum absolute atomic E-state index is 12.0. The molecule has 1 unspecified atom stereocenters. The molecular weight excluding hydrogens is 287 g/mol. The minimum absolute atomic E-state index is 0.0497. The van der Waals surface area contributed by atoms with E-state index in [0.29, 0.717) is 11.8 Å². The van der Waals surface area contributed by atoms with Gasteiger partial charge in [0.05, 0.1) is 6.61 Å². The second-order valence-electron chi connectivity index (χ2n) is 4.65. The highest BCUT2D eigenvalue weighted by molar-refractivity contribution is 8.00. The number of alkyl halides is 3. The third-order valence-electron chi connectivity index (χ3n) is 3.26. The molecule has 2 rings (SSSR count). The van der Waals surface area contributed by atoms with Gasteiger partial charge in [0, 0.05) is 11.8 Å². The van der Waals surface area contributed by atoms with Crippen molar-refractivity contribution in [2.24, 2.45) is 0 Å². The Morgan fingerprint density at radius 3 is 2.90 bits per heavy atom. The van der Waals surface area contributed by atoms with Gasteiger partial charge in [0.15, 0.2) is 0 Å². The topological polar surface area (TPSA) is 21.3 Å². The summed E-state index contributed by atoms with van der Waals surface area (Å²) in [4.78, 5) is 0. The zero-order chi connectivity index (χ0) is 14.6. The average Bonchev–Trinajstić information content (AvgIpc) is 2.77. The normalized spacial score (nSPS) is 18.1.